The van der Waals surface area contributed by atoms with Gasteiger partial charge in [-0.25, -0.2) is 0 Å². The van der Waals surface area contributed by atoms with Crippen molar-refractivity contribution in [2.45, 2.75) is 38.6 Å². The van der Waals surface area contributed by atoms with Gasteiger partial charge in [0.1, 0.15) is 0 Å². The van der Waals surface area contributed by atoms with Crippen LogP contribution in [0.5, 0.6) is 0 Å². The van der Waals surface area contributed by atoms with E-state index in [1.165, 1.54) is 12.8 Å². The van der Waals surface area contributed by atoms with Crippen LogP contribution in [0.2, 0.25) is 0 Å². The number of nitrogens with zero attached hydrogens (tertiary/aromatic N) is 1. The number of likely N-dealkylation sites (tertiary alicyclic amines) is 1. The number of rotatable bonds is 4. The number of hydrogen-bond donors (Lipinski definition) is 1. The fraction of sp³-hybridized carbons (Fsp3) is 0.929. The lowest BCUT2D eigenvalue weighted by molar-refractivity contribution is -0.131. The summed E-state index contributed by atoms with van der Waals surface area (Å²) in [6.07, 6.45) is 4.25. The summed E-state index contributed by atoms with van der Waals surface area (Å²) in [4.78, 5) is 14.3. The lowest BCUT2D eigenvalue weighted by Crippen LogP contribution is -2.44. The monoisotopic (exact) mass is 254 g/mol. The lowest BCUT2D eigenvalue weighted by Gasteiger charge is -2.31. The first-order chi connectivity index (χ1) is 8.70. The van der Waals surface area contributed by atoms with Crippen LogP contribution in [0.25, 0.3) is 0 Å². The molecule has 4 nitrogen and oxygen atoms in total. The molecule has 0 aromatic heterocycles. The van der Waals surface area contributed by atoms with E-state index in [2.05, 4.69) is 12.2 Å². The zero-order chi connectivity index (χ0) is 13.0. The summed E-state index contributed by atoms with van der Waals surface area (Å²) in [6, 6.07) is 0.382. The normalized spacial score (nSPS) is 32.8. The van der Waals surface area contributed by atoms with E-state index in [1.54, 1.807) is 7.11 Å². The third kappa shape index (κ3) is 3.45. The summed E-state index contributed by atoms with van der Waals surface area (Å²) in [5.74, 6) is 1.48. The van der Waals surface area contributed by atoms with E-state index in [4.69, 9.17) is 4.74 Å². The van der Waals surface area contributed by atoms with E-state index in [0.29, 0.717) is 30.2 Å². The summed E-state index contributed by atoms with van der Waals surface area (Å²) in [5.41, 5.74) is 0. The molecule has 3 unspecified atom stereocenters. The van der Waals surface area contributed by atoms with Crippen molar-refractivity contribution in [3.63, 3.8) is 0 Å². The van der Waals surface area contributed by atoms with Gasteiger partial charge in [0.15, 0.2) is 0 Å². The SMILES string of the molecule is COCC1CCN(C(=O)CC2NCCCC2C)C1. The molecule has 0 spiro atoms. The zero-order valence-corrected chi connectivity index (χ0v) is 11.7. The minimum Gasteiger partial charge on any atom is -0.384 e. The van der Waals surface area contributed by atoms with Crippen molar-refractivity contribution >= 4 is 5.91 Å². The van der Waals surface area contributed by atoms with Crippen LogP contribution >= 0.6 is 0 Å². The second-order valence-corrected chi connectivity index (χ2v) is 5.83. The van der Waals surface area contributed by atoms with E-state index < -0.39 is 0 Å². The maximum Gasteiger partial charge on any atom is 0.224 e. The molecule has 104 valence electrons. The standard InChI is InChI=1S/C14H26N2O2/c1-11-4-3-6-15-13(11)8-14(17)16-7-5-12(9-16)10-18-2/h11-13,15H,3-10H2,1-2H3. The van der Waals surface area contributed by atoms with Gasteiger partial charge in [-0.2, -0.15) is 0 Å². The number of ether oxygens (including phenoxy) is 1. The van der Waals surface area contributed by atoms with Crippen LogP contribution in [0.3, 0.4) is 0 Å². The van der Waals surface area contributed by atoms with Gasteiger partial charge in [0.25, 0.3) is 0 Å². The van der Waals surface area contributed by atoms with Gasteiger partial charge in [-0.1, -0.05) is 6.92 Å². The van der Waals surface area contributed by atoms with E-state index >= 15 is 0 Å². The smallest absolute Gasteiger partial charge is 0.224 e. The highest BCUT2D eigenvalue weighted by Gasteiger charge is 2.29. The lowest BCUT2D eigenvalue weighted by atomic mass is 9.90. The number of hydrogen-bond acceptors (Lipinski definition) is 3. The van der Waals surface area contributed by atoms with E-state index in [9.17, 15) is 4.79 Å². The number of amides is 1. The summed E-state index contributed by atoms with van der Waals surface area (Å²) in [7, 11) is 1.73. The van der Waals surface area contributed by atoms with Crippen molar-refractivity contribution in [1.29, 1.82) is 0 Å². The number of carbonyl (C=O) groups is 1. The van der Waals surface area contributed by atoms with Gasteiger partial charge in [-0.3, -0.25) is 4.79 Å². The largest absolute Gasteiger partial charge is 0.384 e. The maximum atomic E-state index is 12.3. The van der Waals surface area contributed by atoms with Crippen LogP contribution in [0.15, 0.2) is 0 Å². The van der Waals surface area contributed by atoms with Crippen molar-refractivity contribution in [3.05, 3.63) is 0 Å². The summed E-state index contributed by atoms with van der Waals surface area (Å²) >= 11 is 0. The van der Waals surface area contributed by atoms with E-state index in [0.717, 1.165) is 32.7 Å². The Morgan fingerprint density at radius 2 is 2.28 bits per heavy atom. The quantitative estimate of drug-likeness (QED) is 0.821. The average Bonchev–Trinajstić information content (AvgIpc) is 2.81. The highest BCUT2D eigenvalue weighted by atomic mass is 16.5. The molecule has 0 saturated carbocycles. The minimum absolute atomic E-state index is 0.319. The Morgan fingerprint density at radius 3 is 3.00 bits per heavy atom. The fourth-order valence-corrected chi connectivity index (χ4v) is 3.14. The van der Waals surface area contributed by atoms with Crippen molar-refractivity contribution in [3.8, 4) is 0 Å². The molecule has 2 aliphatic heterocycles. The first kappa shape index (κ1) is 13.8. The van der Waals surface area contributed by atoms with Gasteiger partial charge in [-0.15, -0.1) is 0 Å². The Morgan fingerprint density at radius 1 is 1.44 bits per heavy atom. The average molecular weight is 254 g/mol. The Labute approximate surface area is 110 Å². The molecule has 2 heterocycles. The van der Waals surface area contributed by atoms with Crippen molar-refractivity contribution in [1.82, 2.24) is 10.2 Å². The molecule has 3 atom stereocenters. The predicted octanol–water partition coefficient (Wildman–Crippen LogP) is 1.26. The summed E-state index contributed by atoms with van der Waals surface area (Å²) < 4.78 is 5.17. The van der Waals surface area contributed by atoms with Crippen LogP contribution in [0.4, 0.5) is 0 Å². The Bertz CT molecular complexity index is 283. The summed E-state index contributed by atoms with van der Waals surface area (Å²) in [6.45, 7) is 5.89. The molecule has 2 rings (SSSR count). The molecule has 0 aromatic carbocycles. The van der Waals surface area contributed by atoms with E-state index in [1.807, 2.05) is 4.90 Å². The van der Waals surface area contributed by atoms with E-state index in [-0.39, 0.29) is 0 Å². The molecule has 0 bridgehead atoms. The molecule has 1 amide bonds. The first-order valence-corrected chi connectivity index (χ1v) is 7.20. The van der Waals surface area contributed by atoms with Crippen molar-refractivity contribution in [2.75, 3.05) is 33.4 Å². The van der Waals surface area contributed by atoms with Crippen LogP contribution in [0, 0.1) is 11.8 Å². The van der Waals surface area contributed by atoms with Crippen LogP contribution in [-0.2, 0) is 9.53 Å². The van der Waals surface area contributed by atoms with Gasteiger partial charge in [0.2, 0.25) is 5.91 Å². The molecular formula is C14H26N2O2. The molecule has 18 heavy (non-hydrogen) atoms. The number of methoxy groups -OCH3 is 1. The van der Waals surface area contributed by atoms with Crippen LogP contribution in [-0.4, -0.2) is 50.2 Å². The maximum absolute atomic E-state index is 12.3. The third-order valence-electron chi connectivity index (χ3n) is 4.37. The molecule has 2 aliphatic rings. The molecule has 0 aromatic rings. The van der Waals surface area contributed by atoms with Crippen LogP contribution < -0.4 is 5.32 Å². The molecule has 1 N–H and O–H groups in total. The molecule has 4 heteroatoms. The van der Waals surface area contributed by atoms with Crippen molar-refractivity contribution in [2.24, 2.45) is 11.8 Å². The van der Waals surface area contributed by atoms with Gasteiger partial charge in [0.05, 0.1) is 6.61 Å². The van der Waals surface area contributed by atoms with Gasteiger partial charge in [0, 0.05) is 38.6 Å². The number of nitrogens with one attached hydrogen (secondary N) is 1. The second kappa shape index (κ2) is 6.53. The Balaban J connectivity index is 1.77. The fourth-order valence-electron chi connectivity index (χ4n) is 3.14. The molecule has 0 aliphatic carbocycles. The Hall–Kier alpha value is -0.610. The third-order valence-corrected chi connectivity index (χ3v) is 4.37. The summed E-state index contributed by atoms with van der Waals surface area (Å²) in [5, 5.41) is 3.49. The van der Waals surface area contributed by atoms with Gasteiger partial charge >= 0.3 is 0 Å². The number of piperidine rings is 1. The highest BCUT2D eigenvalue weighted by molar-refractivity contribution is 5.77. The second-order valence-electron chi connectivity index (χ2n) is 5.83. The zero-order valence-electron chi connectivity index (χ0n) is 11.7. The molecular weight excluding hydrogens is 228 g/mol. The molecule has 2 saturated heterocycles. The molecule has 2 fully saturated rings. The number of carbonyl (C=O) groups excluding carboxylic acids is 1. The Kier molecular flexibility index (Phi) is 5.01. The predicted molar refractivity (Wildman–Crippen MR) is 71.4 cm³/mol. The highest BCUT2D eigenvalue weighted by Crippen LogP contribution is 2.21. The van der Waals surface area contributed by atoms with Gasteiger partial charge in [-0.05, 0) is 31.7 Å². The molecule has 0 radical (unpaired) electrons. The van der Waals surface area contributed by atoms with Crippen molar-refractivity contribution < 1.29 is 9.53 Å². The van der Waals surface area contributed by atoms with Gasteiger partial charge < -0.3 is 15.0 Å². The van der Waals surface area contributed by atoms with Crippen LogP contribution in [0.1, 0.15) is 32.6 Å². The minimum atomic E-state index is 0.319. The topological polar surface area (TPSA) is 41.6 Å². The first-order valence-electron chi connectivity index (χ1n) is 7.20.